The average Bonchev–Trinajstić information content (AvgIpc) is 2.79. The molecule has 2 amide bonds. The summed E-state index contributed by atoms with van der Waals surface area (Å²) in [5.74, 6) is -0.248. The van der Waals surface area contributed by atoms with E-state index in [1.807, 2.05) is 43.3 Å². The van der Waals surface area contributed by atoms with Gasteiger partial charge in [-0.3, -0.25) is 9.59 Å². The van der Waals surface area contributed by atoms with Gasteiger partial charge in [0.15, 0.2) is 6.61 Å². The van der Waals surface area contributed by atoms with E-state index in [2.05, 4.69) is 10.6 Å². The molecule has 0 unspecified atom stereocenters. The quantitative estimate of drug-likeness (QED) is 0.440. The Morgan fingerprint density at radius 2 is 1.55 bits per heavy atom. The van der Waals surface area contributed by atoms with Gasteiger partial charge in [0.1, 0.15) is 17.4 Å². The van der Waals surface area contributed by atoms with Crippen LogP contribution in [0.5, 0.6) is 5.75 Å². The molecule has 0 spiro atoms. The first-order valence-electron chi connectivity index (χ1n) is 9.61. The van der Waals surface area contributed by atoms with Crippen molar-refractivity contribution in [2.45, 2.75) is 6.92 Å². The van der Waals surface area contributed by atoms with E-state index in [9.17, 15) is 14.9 Å². The van der Waals surface area contributed by atoms with Crippen LogP contribution in [-0.4, -0.2) is 18.4 Å². The van der Waals surface area contributed by atoms with Gasteiger partial charge in [0.05, 0.1) is 0 Å². The number of carbonyl (C=O) groups excluding carboxylic acids is 2. The summed E-state index contributed by atoms with van der Waals surface area (Å²) >= 11 is 0. The predicted octanol–water partition coefficient (Wildman–Crippen LogP) is 4.56. The summed E-state index contributed by atoms with van der Waals surface area (Å²) in [6.07, 6.45) is 1.49. The van der Waals surface area contributed by atoms with Crippen molar-refractivity contribution in [3.63, 3.8) is 0 Å². The number of hydrogen-bond donors (Lipinski definition) is 2. The second-order valence-corrected chi connectivity index (χ2v) is 6.76. The highest BCUT2D eigenvalue weighted by Crippen LogP contribution is 2.16. The summed E-state index contributed by atoms with van der Waals surface area (Å²) in [7, 11) is 0. The van der Waals surface area contributed by atoms with Gasteiger partial charge in [-0.1, -0.05) is 48.0 Å². The molecular formula is C25H21N3O3. The second kappa shape index (κ2) is 10.4. The van der Waals surface area contributed by atoms with Gasteiger partial charge >= 0.3 is 0 Å². The summed E-state index contributed by atoms with van der Waals surface area (Å²) in [6, 6.07) is 25.1. The van der Waals surface area contributed by atoms with Gasteiger partial charge in [-0.05, 0) is 55.0 Å². The molecule has 0 aliphatic rings. The van der Waals surface area contributed by atoms with Gasteiger partial charge < -0.3 is 15.4 Å². The van der Waals surface area contributed by atoms with Crippen molar-refractivity contribution in [2.75, 3.05) is 17.2 Å². The Bertz CT molecular complexity index is 1110. The molecule has 0 radical (unpaired) electrons. The minimum Gasteiger partial charge on any atom is -0.484 e. The Morgan fingerprint density at radius 1 is 0.903 bits per heavy atom. The van der Waals surface area contributed by atoms with E-state index in [0.29, 0.717) is 22.7 Å². The molecule has 0 saturated heterocycles. The third-order valence-electron chi connectivity index (χ3n) is 4.29. The minimum atomic E-state index is -0.484. The van der Waals surface area contributed by atoms with Gasteiger partial charge in [-0.2, -0.15) is 5.26 Å². The fourth-order valence-corrected chi connectivity index (χ4v) is 2.68. The van der Waals surface area contributed by atoms with Crippen molar-refractivity contribution < 1.29 is 14.3 Å². The number of rotatable bonds is 7. The van der Waals surface area contributed by atoms with Crippen LogP contribution in [0.3, 0.4) is 0 Å². The zero-order valence-electron chi connectivity index (χ0n) is 17.0. The van der Waals surface area contributed by atoms with E-state index in [4.69, 9.17) is 4.74 Å². The molecule has 0 saturated carbocycles. The number of anilines is 2. The number of amides is 2. The molecule has 0 aromatic heterocycles. The zero-order valence-corrected chi connectivity index (χ0v) is 17.0. The number of benzene rings is 3. The van der Waals surface area contributed by atoms with E-state index in [1.165, 1.54) is 6.08 Å². The number of nitrogens with zero attached hydrogens (tertiary/aromatic N) is 1. The molecule has 0 fully saturated rings. The van der Waals surface area contributed by atoms with Gasteiger partial charge in [-0.15, -0.1) is 0 Å². The van der Waals surface area contributed by atoms with Crippen molar-refractivity contribution in [2.24, 2.45) is 0 Å². The van der Waals surface area contributed by atoms with Crippen molar-refractivity contribution >= 4 is 29.3 Å². The van der Waals surface area contributed by atoms with Gasteiger partial charge in [0, 0.05) is 11.4 Å². The third kappa shape index (κ3) is 6.58. The lowest BCUT2D eigenvalue weighted by molar-refractivity contribution is -0.118. The molecule has 2 N–H and O–H groups in total. The Hall–Kier alpha value is -4.37. The third-order valence-corrected chi connectivity index (χ3v) is 4.29. The Balaban J connectivity index is 1.56. The standard InChI is InChI=1S/C25H21N3O3/c1-18-7-11-22(12-8-18)27-24(29)17-31-23-13-9-19(10-14-23)15-20(16-26)25(30)28-21-5-3-2-4-6-21/h2-15H,17H2,1H3,(H,27,29)(H,28,30). The first-order chi connectivity index (χ1) is 15.0. The molecule has 0 aliphatic heterocycles. The van der Waals surface area contributed by atoms with Crippen LogP contribution in [0, 0.1) is 18.3 Å². The molecule has 6 heteroatoms. The van der Waals surface area contributed by atoms with Crippen molar-refractivity contribution in [3.8, 4) is 11.8 Å². The molecule has 0 heterocycles. The molecular weight excluding hydrogens is 390 g/mol. The van der Waals surface area contributed by atoms with Crippen LogP contribution in [0.4, 0.5) is 11.4 Å². The van der Waals surface area contributed by atoms with Crippen LogP contribution in [0.25, 0.3) is 6.08 Å². The summed E-state index contributed by atoms with van der Waals surface area (Å²) in [6.45, 7) is 1.84. The summed E-state index contributed by atoms with van der Waals surface area (Å²) in [4.78, 5) is 24.3. The molecule has 3 rings (SSSR count). The molecule has 3 aromatic carbocycles. The lowest BCUT2D eigenvalue weighted by Crippen LogP contribution is -2.20. The molecule has 6 nitrogen and oxygen atoms in total. The molecule has 0 aliphatic carbocycles. The normalized spacial score (nSPS) is 10.6. The number of ether oxygens (including phenoxy) is 1. The molecule has 0 bridgehead atoms. The second-order valence-electron chi connectivity index (χ2n) is 6.76. The van der Waals surface area contributed by atoms with Gasteiger partial charge in [0.25, 0.3) is 11.8 Å². The van der Waals surface area contributed by atoms with Crippen molar-refractivity contribution in [1.82, 2.24) is 0 Å². The Kier molecular flexibility index (Phi) is 7.17. The number of nitriles is 1. The maximum atomic E-state index is 12.3. The van der Waals surface area contributed by atoms with Crippen LogP contribution in [0.1, 0.15) is 11.1 Å². The number of para-hydroxylation sites is 1. The fraction of sp³-hybridized carbons (Fsp3) is 0.0800. The van der Waals surface area contributed by atoms with E-state index in [1.54, 1.807) is 48.5 Å². The number of carbonyl (C=O) groups is 2. The van der Waals surface area contributed by atoms with Gasteiger partial charge in [0.2, 0.25) is 0 Å². The first-order valence-corrected chi connectivity index (χ1v) is 9.61. The van der Waals surface area contributed by atoms with Gasteiger partial charge in [-0.25, -0.2) is 0 Å². The fourth-order valence-electron chi connectivity index (χ4n) is 2.68. The van der Waals surface area contributed by atoms with Crippen molar-refractivity contribution in [3.05, 3.63) is 95.6 Å². The first kappa shape index (κ1) is 21.3. The maximum Gasteiger partial charge on any atom is 0.266 e. The average molecular weight is 411 g/mol. The SMILES string of the molecule is Cc1ccc(NC(=O)COc2ccc(C=C(C#N)C(=O)Nc3ccccc3)cc2)cc1. The Morgan fingerprint density at radius 3 is 2.19 bits per heavy atom. The zero-order chi connectivity index (χ0) is 22.1. The maximum absolute atomic E-state index is 12.3. The largest absolute Gasteiger partial charge is 0.484 e. The topological polar surface area (TPSA) is 91.2 Å². The summed E-state index contributed by atoms with van der Waals surface area (Å²) in [5.41, 5.74) is 3.07. The monoisotopic (exact) mass is 411 g/mol. The smallest absolute Gasteiger partial charge is 0.266 e. The Labute approximate surface area is 180 Å². The number of aryl methyl sites for hydroxylation is 1. The van der Waals surface area contributed by atoms with Crippen molar-refractivity contribution in [1.29, 1.82) is 5.26 Å². The highest BCUT2D eigenvalue weighted by molar-refractivity contribution is 6.09. The van der Waals surface area contributed by atoms with Crippen LogP contribution in [0.15, 0.2) is 84.4 Å². The van der Waals surface area contributed by atoms with Crippen LogP contribution >= 0.6 is 0 Å². The van der Waals surface area contributed by atoms with Crippen LogP contribution in [-0.2, 0) is 9.59 Å². The van der Waals surface area contributed by atoms with E-state index in [0.717, 1.165) is 5.56 Å². The molecule has 0 atom stereocenters. The summed E-state index contributed by atoms with van der Waals surface area (Å²) in [5, 5.41) is 14.8. The predicted molar refractivity (Wildman–Crippen MR) is 120 cm³/mol. The van der Waals surface area contributed by atoms with Crippen LogP contribution in [0.2, 0.25) is 0 Å². The molecule has 154 valence electrons. The molecule has 31 heavy (non-hydrogen) atoms. The highest BCUT2D eigenvalue weighted by atomic mass is 16.5. The van der Waals surface area contributed by atoms with Crippen LogP contribution < -0.4 is 15.4 Å². The van der Waals surface area contributed by atoms with E-state index in [-0.39, 0.29) is 18.1 Å². The lowest BCUT2D eigenvalue weighted by Gasteiger charge is -2.08. The van der Waals surface area contributed by atoms with E-state index >= 15 is 0 Å². The lowest BCUT2D eigenvalue weighted by atomic mass is 10.1. The number of hydrogen-bond acceptors (Lipinski definition) is 4. The number of nitrogens with one attached hydrogen (secondary N) is 2. The van der Waals surface area contributed by atoms with E-state index < -0.39 is 5.91 Å². The highest BCUT2D eigenvalue weighted by Gasteiger charge is 2.09. The molecule has 3 aromatic rings. The summed E-state index contributed by atoms with van der Waals surface area (Å²) < 4.78 is 5.50. The minimum absolute atomic E-state index is 0.0185.